The van der Waals surface area contributed by atoms with Crippen LogP contribution in [0, 0.1) is 0 Å². The number of nitrogens with zero attached hydrogens (tertiary/aromatic N) is 1. The van der Waals surface area contributed by atoms with Gasteiger partial charge in [-0.25, -0.2) is 8.42 Å². The van der Waals surface area contributed by atoms with E-state index in [1.807, 2.05) is 18.4 Å². The predicted octanol–water partition coefficient (Wildman–Crippen LogP) is 3.45. The van der Waals surface area contributed by atoms with Crippen LogP contribution < -0.4 is 5.32 Å². The molecule has 4 nitrogen and oxygen atoms in total. The topological polar surface area (TPSA) is 49.4 Å². The first-order valence-electron chi connectivity index (χ1n) is 7.84. The maximum atomic E-state index is 12.7. The van der Waals surface area contributed by atoms with E-state index in [0.29, 0.717) is 17.3 Å². The van der Waals surface area contributed by atoms with Gasteiger partial charge in [-0.05, 0) is 36.4 Å². The van der Waals surface area contributed by atoms with Gasteiger partial charge in [0, 0.05) is 19.6 Å². The molecule has 0 aliphatic heterocycles. The third-order valence-corrected chi connectivity index (χ3v) is 6.69. The van der Waals surface area contributed by atoms with Crippen LogP contribution in [0.1, 0.15) is 52.0 Å². The van der Waals surface area contributed by atoms with Crippen LogP contribution in [0.25, 0.3) is 0 Å². The molecule has 0 atom stereocenters. The van der Waals surface area contributed by atoms with Gasteiger partial charge in [-0.2, -0.15) is 4.31 Å². The minimum absolute atomic E-state index is 0.475. The van der Waals surface area contributed by atoms with Crippen molar-refractivity contribution in [1.82, 2.24) is 9.62 Å². The first-order chi connectivity index (χ1) is 10.1. The number of unbranched alkanes of at least 4 members (excludes halogenated alkanes) is 2. The van der Waals surface area contributed by atoms with Crippen LogP contribution in [0.2, 0.25) is 0 Å². The number of nitrogens with one attached hydrogen (secondary N) is 1. The minimum Gasteiger partial charge on any atom is -0.313 e. The highest BCUT2D eigenvalue weighted by atomic mass is 32.2. The summed E-state index contributed by atoms with van der Waals surface area (Å²) in [5.41, 5.74) is 1.05. The Balaban J connectivity index is 2.85. The molecule has 0 bridgehead atoms. The summed E-state index contributed by atoms with van der Waals surface area (Å²) in [5, 5.41) is 5.16. The van der Waals surface area contributed by atoms with Crippen LogP contribution in [-0.4, -0.2) is 32.4 Å². The summed E-state index contributed by atoms with van der Waals surface area (Å²) in [7, 11) is -3.33. The standard InChI is InChI=1S/C15H28N2O2S2/c1-4-7-9-17(10-8-5-2)21(18,19)15-11-14(13-20-15)12-16-6-3/h11,13,16H,4-10,12H2,1-3H3. The Morgan fingerprint density at radius 1 is 1.14 bits per heavy atom. The second-order valence-corrected chi connectivity index (χ2v) is 8.24. The van der Waals surface area contributed by atoms with Gasteiger partial charge >= 0.3 is 0 Å². The minimum atomic E-state index is -3.33. The van der Waals surface area contributed by atoms with Gasteiger partial charge in [0.2, 0.25) is 0 Å². The maximum absolute atomic E-state index is 12.7. The molecule has 0 aliphatic rings. The lowest BCUT2D eigenvalue weighted by molar-refractivity contribution is 0.396. The van der Waals surface area contributed by atoms with Crippen LogP contribution in [-0.2, 0) is 16.6 Å². The summed E-state index contributed by atoms with van der Waals surface area (Å²) >= 11 is 1.33. The number of rotatable bonds is 11. The Morgan fingerprint density at radius 2 is 1.76 bits per heavy atom. The molecule has 6 heteroatoms. The highest BCUT2D eigenvalue weighted by Crippen LogP contribution is 2.24. The first-order valence-corrected chi connectivity index (χ1v) is 10.2. The van der Waals surface area contributed by atoms with Gasteiger partial charge in [0.1, 0.15) is 4.21 Å². The van der Waals surface area contributed by atoms with Gasteiger partial charge in [0.25, 0.3) is 10.0 Å². The van der Waals surface area contributed by atoms with E-state index in [4.69, 9.17) is 0 Å². The molecule has 0 spiro atoms. The molecule has 122 valence electrons. The lowest BCUT2D eigenvalue weighted by atomic mass is 10.3. The summed E-state index contributed by atoms with van der Waals surface area (Å²) in [5.74, 6) is 0. The average Bonchev–Trinajstić information content (AvgIpc) is 2.94. The summed E-state index contributed by atoms with van der Waals surface area (Å²) in [4.78, 5) is 0. The molecule has 0 unspecified atom stereocenters. The number of hydrogen-bond acceptors (Lipinski definition) is 4. The zero-order valence-corrected chi connectivity index (χ0v) is 15.0. The number of thiophene rings is 1. The quantitative estimate of drug-likeness (QED) is 0.675. The SMILES string of the molecule is CCCCN(CCCC)S(=O)(=O)c1cc(CNCC)cs1. The molecule has 1 heterocycles. The van der Waals surface area contributed by atoms with Gasteiger partial charge in [-0.1, -0.05) is 33.6 Å². The molecule has 0 fully saturated rings. The van der Waals surface area contributed by atoms with Crippen molar-refractivity contribution in [2.24, 2.45) is 0 Å². The Hall–Kier alpha value is -0.430. The molecule has 0 saturated carbocycles. The molecule has 1 rings (SSSR count). The Labute approximate surface area is 133 Å². The van der Waals surface area contributed by atoms with Crippen LogP contribution in [0.15, 0.2) is 15.7 Å². The van der Waals surface area contributed by atoms with Crippen LogP contribution in [0.3, 0.4) is 0 Å². The third kappa shape index (κ3) is 5.70. The van der Waals surface area contributed by atoms with Crippen LogP contribution >= 0.6 is 11.3 Å². The summed E-state index contributed by atoms with van der Waals surface area (Å²) in [6.45, 7) is 9.08. The highest BCUT2D eigenvalue weighted by molar-refractivity contribution is 7.91. The molecule has 0 aliphatic carbocycles. The maximum Gasteiger partial charge on any atom is 0.252 e. The second-order valence-electron chi connectivity index (χ2n) is 5.17. The summed E-state index contributed by atoms with van der Waals surface area (Å²) in [6, 6.07) is 1.81. The summed E-state index contributed by atoms with van der Waals surface area (Å²) < 4.78 is 27.6. The molecule has 0 aromatic carbocycles. The van der Waals surface area contributed by atoms with Crippen molar-refractivity contribution in [2.45, 2.75) is 57.2 Å². The van der Waals surface area contributed by atoms with Gasteiger partial charge in [0.05, 0.1) is 0 Å². The lowest BCUT2D eigenvalue weighted by Gasteiger charge is -2.20. The molecule has 1 N–H and O–H groups in total. The zero-order chi connectivity index (χ0) is 15.7. The van der Waals surface area contributed by atoms with Crippen LogP contribution in [0.5, 0.6) is 0 Å². The van der Waals surface area contributed by atoms with E-state index in [1.54, 1.807) is 4.31 Å². The normalized spacial score (nSPS) is 12.2. The molecule has 0 radical (unpaired) electrons. The largest absolute Gasteiger partial charge is 0.313 e. The molecule has 21 heavy (non-hydrogen) atoms. The van der Waals surface area contributed by atoms with Crippen molar-refractivity contribution >= 4 is 21.4 Å². The van der Waals surface area contributed by atoms with E-state index in [0.717, 1.165) is 44.3 Å². The van der Waals surface area contributed by atoms with Gasteiger partial charge < -0.3 is 5.32 Å². The smallest absolute Gasteiger partial charge is 0.252 e. The van der Waals surface area contributed by atoms with Crippen molar-refractivity contribution in [1.29, 1.82) is 0 Å². The predicted molar refractivity (Wildman–Crippen MR) is 90.3 cm³/mol. The molecule has 1 aromatic heterocycles. The fourth-order valence-electron chi connectivity index (χ4n) is 2.00. The van der Waals surface area contributed by atoms with E-state index in [1.165, 1.54) is 11.3 Å². The van der Waals surface area contributed by atoms with E-state index >= 15 is 0 Å². The lowest BCUT2D eigenvalue weighted by Crippen LogP contribution is -2.32. The molecule has 1 aromatic rings. The second kappa shape index (κ2) is 9.56. The van der Waals surface area contributed by atoms with Gasteiger partial charge in [-0.15, -0.1) is 11.3 Å². The van der Waals surface area contributed by atoms with Crippen molar-refractivity contribution in [3.63, 3.8) is 0 Å². The van der Waals surface area contributed by atoms with E-state index < -0.39 is 10.0 Å². The fourth-order valence-corrected chi connectivity index (χ4v) is 4.88. The monoisotopic (exact) mass is 332 g/mol. The Bertz CT molecular complexity index is 490. The fraction of sp³-hybridized carbons (Fsp3) is 0.733. The Morgan fingerprint density at radius 3 is 2.29 bits per heavy atom. The number of hydrogen-bond donors (Lipinski definition) is 1. The molecular formula is C15H28N2O2S2. The van der Waals surface area contributed by atoms with E-state index in [2.05, 4.69) is 19.2 Å². The van der Waals surface area contributed by atoms with Crippen LogP contribution in [0.4, 0.5) is 0 Å². The van der Waals surface area contributed by atoms with Crippen molar-refractivity contribution < 1.29 is 8.42 Å². The first kappa shape index (κ1) is 18.6. The van der Waals surface area contributed by atoms with E-state index in [-0.39, 0.29) is 0 Å². The van der Waals surface area contributed by atoms with E-state index in [9.17, 15) is 8.42 Å². The van der Waals surface area contributed by atoms with Crippen molar-refractivity contribution in [3.8, 4) is 0 Å². The third-order valence-electron chi connectivity index (χ3n) is 3.33. The Kier molecular flexibility index (Phi) is 8.48. The summed E-state index contributed by atoms with van der Waals surface area (Å²) in [6.07, 6.45) is 3.85. The molecular weight excluding hydrogens is 304 g/mol. The van der Waals surface area contributed by atoms with Gasteiger partial charge in [0.15, 0.2) is 0 Å². The zero-order valence-electron chi connectivity index (χ0n) is 13.4. The highest BCUT2D eigenvalue weighted by Gasteiger charge is 2.25. The van der Waals surface area contributed by atoms with Crippen molar-refractivity contribution in [3.05, 3.63) is 17.0 Å². The molecule has 0 amide bonds. The molecule has 0 saturated heterocycles. The van der Waals surface area contributed by atoms with Crippen molar-refractivity contribution in [2.75, 3.05) is 19.6 Å². The number of sulfonamides is 1. The average molecular weight is 333 g/mol. The van der Waals surface area contributed by atoms with Gasteiger partial charge in [-0.3, -0.25) is 0 Å².